The van der Waals surface area contributed by atoms with Crippen LogP contribution < -0.4 is 0 Å². The lowest BCUT2D eigenvalue weighted by Gasteiger charge is -2.46. The summed E-state index contributed by atoms with van der Waals surface area (Å²) in [5, 5.41) is 10.8. The molecule has 0 aliphatic carbocycles. The summed E-state index contributed by atoms with van der Waals surface area (Å²) in [5.74, 6) is -2.10. The van der Waals surface area contributed by atoms with E-state index in [4.69, 9.17) is 4.74 Å². The van der Waals surface area contributed by atoms with Gasteiger partial charge in [-0.15, -0.1) is 24.9 Å². The van der Waals surface area contributed by atoms with Crippen LogP contribution in [-0.2, 0) is 25.5 Å². The molecule has 2 bridgehead atoms. The first-order valence-corrected chi connectivity index (χ1v) is 16.8. The summed E-state index contributed by atoms with van der Waals surface area (Å²) in [6.07, 6.45) is 7.45. The second-order valence-electron chi connectivity index (χ2n) is 14.9. The Kier molecular flexibility index (Phi) is 10.2. The molecule has 0 radical (unpaired) electrons. The Morgan fingerprint density at radius 3 is 2.43 bits per heavy atom. The van der Waals surface area contributed by atoms with Gasteiger partial charge in [0.15, 0.2) is 0 Å². The maximum absolute atomic E-state index is 15.1. The van der Waals surface area contributed by atoms with E-state index < -0.39 is 39.0 Å². The highest BCUT2D eigenvalue weighted by molar-refractivity contribution is 8.02. The number of aliphatic hydroxyl groups excluding tert-OH is 1. The van der Waals surface area contributed by atoms with Crippen molar-refractivity contribution in [3.05, 3.63) is 61.2 Å². The van der Waals surface area contributed by atoms with E-state index in [2.05, 4.69) is 54.7 Å². The van der Waals surface area contributed by atoms with Crippen LogP contribution in [0.2, 0.25) is 0 Å². The van der Waals surface area contributed by atoms with E-state index in [1.807, 2.05) is 35.2 Å². The normalized spacial score (nSPS) is 28.5. The molecule has 1 spiro atoms. The Balaban J connectivity index is 1.81. The average molecular weight is 625 g/mol. The van der Waals surface area contributed by atoms with Crippen LogP contribution in [0.15, 0.2) is 55.6 Å². The number of hydrogen-bond donors (Lipinski definition) is 1. The van der Waals surface area contributed by atoms with E-state index in [0.717, 1.165) is 18.4 Å². The van der Waals surface area contributed by atoms with Crippen molar-refractivity contribution in [1.82, 2.24) is 9.80 Å². The summed E-state index contributed by atoms with van der Waals surface area (Å²) < 4.78 is 4.47. The summed E-state index contributed by atoms with van der Waals surface area (Å²) in [7, 11) is 0. The number of unbranched alkanes of at least 4 members (excludes halogenated alkanes) is 1. The molecule has 44 heavy (non-hydrogen) atoms. The van der Waals surface area contributed by atoms with Gasteiger partial charge in [-0.05, 0) is 70.3 Å². The monoisotopic (exact) mass is 624 g/mol. The number of rotatable bonds is 14. The fourth-order valence-electron chi connectivity index (χ4n) is 8.33. The molecule has 0 aromatic heterocycles. The molecular formula is C36H52N2O5S. The number of nitrogens with zero attached hydrogens (tertiary/aromatic N) is 2. The molecule has 3 saturated heterocycles. The van der Waals surface area contributed by atoms with Gasteiger partial charge in [0.2, 0.25) is 11.8 Å². The van der Waals surface area contributed by atoms with E-state index in [1.54, 1.807) is 28.8 Å². The number of fused-ring (bicyclic) bond motifs is 1. The first kappa shape index (κ1) is 34.3. The van der Waals surface area contributed by atoms with E-state index in [9.17, 15) is 14.7 Å². The second kappa shape index (κ2) is 13.0. The van der Waals surface area contributed by atoms with Crippen molar-refractivity contribution >= 4 is 29.5 Å². The number of benzene rings is 1. The number of ether oxygens (including phenoxy) is 1. The average Bonchev–Trinajstić information content (AvgIpc) is 3.52. The van der Waals surface area contributed by atoms with Crippen LogP contribution in [0, 0.1) is 17.3 Å². The molecule has 0 saturated carbocycles. The van der Waals surface area contributed by atoms with Crippen LogP contribution in [0.25, 0.3) is 0 Å². The molecule has 1 aromatic rings. The molecule has 1 N–H and O–H groups in total. The van der Waals surface area contributed by atoms with Crippen LogP contribution in [0.1, 0.15) is 79.2 Å². The molecule has 4 rings (SSSR count). The van der Waals surface area contributed by atoms with E-state index in [1.165, 1.54) is 0 Å². The van der Waals surface area contributed by atoms with E-state index >= 15 is 4.79 Å². The number of carbonyl (C=O) groups excluding carboxylic acids is 3. The molecule has 242 valence electrons. The molecular weight excluding hydrogens is 572 g/mol. The van der Waals surface area contributed by atoms with Crippen molar-refractivity contribution < 1.29 is 24.2 Å². The number of likely N-dealkylation sites (tertiary alicyclic amines) is 1. The number of hydrogen-bond acceptors (Lipinski definition) is 6. The fraction of sp³-hybridized carbons (Fsp3) is 0.639. The number of thioether (sulfide) groups is 1. The standard InChI is InChI=1S/C36H52N2O5S/c1-9-11-15-21-43-32(42)28-27-30(40)38(26(23-39)22-25-16-13-12-14-17-25)29(36(27)19-18-35(28,8)44-36)31(41)37(20-10-2)34(6,7)24-33(3,4)5/h9-10,12-14,16-17,26-29,39H,1-2,11,15,18-24H2,3-8H3/t26-,27+,28-,29?,35+,36?/m1/s1. The SMILES string of the molecule is C=CCCCOC(=O)[C@H]1[C@H]2C(=O)N([C@@H](CO)Cc3ccccc3)C(C(=O)N(CC=C)C(C)(C)CC(C)(C)C)C23CC[C@]1(C)S3. The van der Waals surface area contributed by atoms with Gasteiger partial charge in [0, 0.05) is 16.8 Å². The van der Waals surface area contributed by atoms with Crippen molar-refractivity contribution in [1.29, 1.82) is 0 Å². The second-order valence-corrected chi connectivity index (χ2v) is 16.8. The molecule has 3 aliphatic heterocycles. The third-order valence-electron chi connectivity index (χ3n) is 9.69. The Labute approximate surface area is 268 Å². The van der Waals surface area contributed by atoms with Crippen molar-refractivity contribution in [3.8, 4) is 0 Å². The molecule has 2 amide bonds. The minimum absolute atomic E-state index is 0.0510. The number of amides is 2. The number of allylic oxidation sites excluding steroid dienone is 1. The highest BCUT2D eigenvalue weighted by Crippen LogP contribution is 2.72. The topological polar surface area (TPSA) is 87.1 Å². The Morgan fingerprint density at radius 2 is 1.84 bits per heavy atom. The maximum atomic E-state index is 15.1. The number of carbonyl (C=O) groups is 3. The largest absolute Gasteiger partial charge is 0.465 e. The molecule has 1 aromatic carbocycles. The van der Waals surface area contributed by atoms with Crippen molar-refractivity contribution in [2.24, 2.45) is 17.3 Å². The van der Waals surface area contributed by atoms with E-state index in [0.29, 0.717) is 32.2 Å². The molecule has 7 nitrogen and oxygen atoms in total. The predicted molar refractivity (Wildman–Crippen MR) is 177 cm³/mol. The number of esters is 1. The fourth-order valence-corrected chi connectivity index (χ4v) is 10.7. The summed E-state index contributed by atoms with van der Waals surface area (Å²) in [4.78, 5) is 47.2. The zero-order chi connectivity index (χ0) is 32.5. The number of aliphatic hydroxyl groups is 1. The lowest BCUT2D eigenvalue weighted by molar-refractivity contribution is -0.156. The van der Waals surface area contributed by atoms with Crippen LogP contribution in [0.4, 0.5) is 0 Å². The first-order valence-electron chi connectivity index (χ1n) is 16.0. The van der Waals surface area contributed by atoms with Crippen molar-refractivity contribution in [2.75, 3.05) is 19.8 Å². The quantitative estimate of drug-likeness (QED) is 0.160. The molecule has 3 fully saturated rings. The smallest absolute Gasteiger partial charge is 0.311 e. The first-order chi connectivity index (χ1) is 20.7. The molecule has 8 heteroatoms. The summed E-state index contributed by atoms with van der Waals surface area (Å²) in [6, 6.07) is 8.30. The maximum Gasteiger partial charge on any atom is 0.311 e. The Bertz CT molecular complexity index is 1240. The van der Waals surface area contributed by atoms with Gasteiger partial charge in [0.05, 0.1) is 35.8 Å². The summed E-state index contributed by atoms with van der Waals surface area (Å²) >= 11 is 1.63. The van der Waals surface area contributed by atoms with Gasteiger partial charge in [0.1, 0.15) is 6.04 Å². The van der Waals surface area contributed by atoms with Crippen molar-refractivity contribution in [3.63, 3.8) is 0 Å². The lowest BCUT2D eigenvalue weighted by atomic mass is 9.66. The minimum Gasteiger partial charge on any atom is -0.465 e. The van der Waals surface area contributed by atoms with Gasteiger partial charge in [-0.1, -0.05) is 63.3 Å². The van der Waals surface area contributed by atoms with Gasteiger partial charge in [-0.2, -0.15) is 0 Å². The highest BCUT2D eigenvalue weighted by Gasteiger charge is 2.78. The lowest BCUT2D eigenvalue weighted by Crippen LogP contribution is -2.61. The predicted octanol–water partition coefficient (Wildman–Crippen LogP) is 5.81. The minimum atomic E-state index is -0.828. The summed E-state index contributed by atoms with van der Waals surface area (Å²) in [6.45, 7) is 20.7. The summed E-state index contributed by atoms with van der Waals surface area (Å²) in [5.41, 5.74) is 0.388. The Morgan fingerprint density at radius 1 is 1.16 bits per heavy atom. The third kappa shape index (κ3) is 6.39. The van der Waals surface area contributed by atoms with Crippen LogP contribution >= 0.6 is 11.8 Å². The molecule has 3 heterocycles. The van der Waals surface area contributed by atoms with Crippen molar-refractivity contribution in [2.45, 2.75) is 107 Å². The molecule has 2 unspecified atom stereocenters. The van der Waals surface area contributed by atoms with Gasteiger partial charge < -0.3 is 19.6 Å². The van der Waals surface area contributed by atoms with Gasteiger partial charge >= 0.3 is 5.97 Å². The molecule has 6 atom stereocenters. The van der Waals surface area contributed by atoms with Crippen LogP contribution in [-0.4, -0.2) is 79.6 Å². The van der Waals surface area contributed by atoms with E-state index in [-0.39, 0.29) is 36.4 Å². The highest BCUT2D eigenvalue weighted by atomic mass is 32.2. The van der Waals surface area contributed by atoms with Crippen LogP contribution in [0.3, 0.4) is 0 Å². The Hall–Kier alpha value is -2.58. The molecule has 3 aliphatic rings. The van der Waals surface area contributed by atoms with Crippen LogP contribution in [0.5, 0.6) is 0 Å². The third-order valence-corrected chi connectivity index (χ3v) is 11.7. The van der Waals surface area contributed by atoms with Gasteiger partial charge in [-0.25, -0.2) is 0 Å². The zero-order valence-electron chi connectivity index (χ0n) is 27.5. The van der Waals surface area contributed by atoms with Gasteiger partial charge in [-0.3, -0.25) is 14.4 Å². The van der Waals surface area contributed by atoms with Gasteiger partial charge in [0.25, 0.3) is 0 Å². The zero-order valence-corrected chi connectivity index (χ0v) is 28.3.